The van der Waals surface area contributed by atoms with Crippen molar-refractivity contribution in [2.24, 2.45) is 4.99 Å². The lowest BCUT2D eigenvalue weighted by molar-refractivity contribution is -0.384. The number of hydrogen-bond acceptors (Lipinski definition) is 7. The van der Waals surface area contributed by atoms with Crippen LogP contribution in [0, 0.1) is 10.1 Å². The number of carboxylic acids is 1. The molecular formula is C19H15N3O6S. The molecule has 0 saturated carbocycles. The maximum absolute atomic E-state index is 12.7. The molecule has 1 heterocycles. The zero-order chi connectivity index (χ0) is 21.1. The predicted octanol–water partition coefficient (Wildman–Crippen LogP) is 3.62. The molecule has 0 bridgehead atoms. The molecule has 1 aliphatic heterocycles. The summed E-state index contributed by atoms with van der Waals surface area (Å²) in [7, 11) is 0. The number of likely N-dealkylation sites (N-methyl/N-ethyl adjacent to an activating group) is 1. The number of hydrogen-bond donors (Lipinski definition) is 2. The lowest BCUT2D eigenvalue weighted by Gasteiger charge is -2.12. The third-order valence-corrected chi connectivity index (χ3v) is 5.02. The van der Waals surface area contributed by atoms with Crippen LogP contribution in [-0.2, 0) is 4.79 Å². The number of benzene rings is 2. The Morgan fingerprint density at radius 3 is 2.72 bits per heavy atom. The largest absolute Gasteiger partial charge is 0.508 e. The topological polar surface area (TPSA) is 133 Å². The number of amidine groups is 1. The van der Waals surface area contributed by atoms with Gasteiger partial charge in [0.25, 0.3) is 11.6 Å². The molecule has 0 spiro atoms. The van der Waals surface area contributed by atoms with Gasteiger partial charge in [-0.05, 0) is 48.5 Å². The quantitative estimate of drug-likeness (QED) is 0.434. The first kappa shape index (κ1) is 20.1. The number of phenols is 1. The molecular weight excluding hydrogens is 398 g/mol. The second-order valence-electron chi connectivity index (χ2n) is 5.91. The number of nitro groups is 1. The summed E-state index contributed by atoms with van der Waals surface area (Å²) in [6.07, 6.45) is 1.53. The Balaban J connectivity index is 2.00. The molecule has 2 N–H and O–H groups in total. The third-order valence-electron chi connectivity index (χ3n) is 4.01. The fraction of sp³-hybridized carbons (Fsp3) is 0.105. The molecule has 1 amide bonds. The number of aliphatic imine (C=N–C) groups is 1. The summed E-state index contributed by atoms with van der Waals surface area (Å²) in [5, 5.41) is 30.1. The molecule has 1 saturated heterocycles. The lowest BCUT2D eigenvalue weighted by Crippen LogP contribution is -2.28. The van der Waals surface area contributed by atoms with E-state index in [2.05, 4.69) is 4.99 Å². The number of amides is 1. The molecule has 3 rings (SSSR count). The average molecular weight is 413 g/mol. The van der Waals surface area contributed by atoms with Crippen LogP contribution in [-0.4, -0.2) is 43.6 Å². The van der Waals surface area contributed by atoms with Gasteiger partial charge in [-0.1, -0.05) is 12.1 Å². The van der Waals surface area contributed by atoms with E-state index >= 15 is 0 Å². The van der Waals surface area contributed by atoms with Crippen molar-refractivity contribution < 1.29 is 24.7 Å². The summed E-state index contributed by atoms with van der Waals surface area (Å²) in [5.74, 6) is -1.80. The Kier molecular flexibility index (Phi) is 5.64. The molecule has 10 heteroatoms. The maximum Gasteiger partial charge on any atom is 0.338 e. The van der Waals surface area contributed by atoms with Crippen molar-refractivity contribution >= 4 is 46.3 Å². The number of aromatic hydroxyl groups is 1. The number of rotatable bonds is 5. The Morgan fingerprint density at radius 2 is 2.07 bits per heavy atom. The van der Waals surface area contributed by atoms with E-state index in [9.17, 15) is 29.9 Å². The molecule has 0 radical (unpaired) electrons. The minimum Gasteiger partial charge on any atom is -0.508 e. The van der Waals surface area contributed by atoms with Crippen molar-refractivity contribution in [1.29, 1.82) is 0 Å². The number of carbonyl (C=O) groups is 2. The van der Waals surface area contributed by atoms with Crippen LogP contribution in [0.1, 0.15) is 22.8 Å². The Labute approximate surface area is 169 Å². The first-order valence-electron chi connectivity index (χ1n) is 8.41. The summed E-state index contributed by atoms with van der Waals surface area (Å²) < 4.78 is 0. The van der Waals surface area contributed by atoms with E-state index in [1.807, 2.05) is 0 Å². The molecule has 1 aliphatic rings. The summed E-state index contributed by atoms with van der Waals surface area (Å²) in [4.78, 5) is 40.5. The van der Waals surface area contributed by atoms with Crippen LogP contribution in [0.25, 0.3) is 6.08 Å². The zero-order valence-electron chi connectivity index (χ0n) is 15.1. The van der Waals surface area contributed by atoms with Crippen molar-refractivity contribution in [3.63, 3.8) is 0 Å². The number of nitro benzene ring substituents is 1. The zero-order valence-corrected chi connectivity index (χ0v) is 15.9. The number of thioether (sulfide) groups is 1. The van der Waals surface area contributed by atoms with E-state index in [1.165, 1.54) is 41.3 Å². The van der Waals surface area contributed by atoms with Crippen LogP contribution in [0.2, 0.25) is 0 Å². The number of carbonyl (C=O) groups excluding carboxylic acids is 1. The molecule has 0 unspecified atom stereocenters. The summed E-state index contributed by atoms with van der Waals surface area (Å²) in [5.41, 5.74) is 0.299. The van der Waals surface area contributed by atoms with Gasteiger partial charge in [0.05, 0.1) is 21.1 Å². The number of carboxylic acid groups (broad SMARTS) is 1. The number of aromatic carboxylic acids is 1. The van der Waals surface area contributed by atoms with E-state index < -0.39 is 10.9 Å². The normalized spacial score (nSPS) is 16.6. The van der Waals surface area contributed by atoms with E-state index in [0.717, 1.165) is 17.8 Å². The van der Waals surface area contributed by atoms with Crippen molar-refractivity contribution in [2.45, 2.75) is 6.92 Å². The summed E-state index contributed by atoms with van der Waals surface area (Å²) in [6, 6.07) is 9.62. The van der Waals surface area contributed by atoms with E-state index in [1.54, 1.807) is 13.0 Å². The van der Waals surface area contributed by atoms with Crippen LogP contribution < -0.4 is 0 Å². The van der Waals surface area contributed by atoms with Crippen molar-refractivity contribution in [1.82, 2.24) is 4.90 Å². The maximum atomic E-state index is 12.7. The second kappa shape index (κ2) is 8.15. The van der Waals surface area contributed by atoms with Gasteiger partial charge in [-0.15, -0.1) is 0 Å². The Morgan fingerprint density at radius 1 is 1.31 bits per heavy atom. The minimum absolute atomic E-state index is 0.0915. The first-order chi connectivity index (χ1) is 13.8. The molecule has 1 fully saturated rings. The van der Waals surface area contributed by atoms with Crippen molar-refractivity contribution in [3.05, 3.63) is 68.6 Å². The van der Waals surface area contributed by atoms with Gasteiger partial charge in [0.2, 0.25) is 0 Å². The smallest absolute Gasteiger partial charge is 0.338 e. The van der Waals surface area contributed by atoms with Gasteiger partial charge in [-0.25, -0.2) is 9.79 Å². The highest BCUT2D eigenvalue weighted by Crippen LogP contribution is 2.35. The molecule has 2 aromatic carbocycles. The number of non-ortho nitro benzene ring substituents is 1. The van der Waals surface area contributed by atoms with Gasteiger partial charge >= 0.3 is 5.97 Å². The Hall–Kier alpha value is -3.66. The third kappa shape index (κ3) is 4.27. The second-order valence-corrected chi connectivity index (χ2v) is 6.92. The van der Waals surface area contributed by atoms with Crippen LogP contribution in [0.5, 0.6) is 5.75 Å². The highest BCUT2D eigenvalue weighted by atomic mass is 32.2. The van der Waals surface area contributed by atoms with Crippen LogP contribution in [0.4, 0.5) is 11.4 Å². The fourth-order valence-corrected chi connectivity index (χ4v) is 3.70. The van der Waals surface area contributed by atoms with Crippen LogP contribution >= 0.6 is 11.8 Å². The van der Waals surface area contributed by atoms with Crippen molar-refractivity contribution in [3.8, 4) is 5.75 Å². The lowest BCUT2D eigenvalue weighted by atomic mass is 10.2. The molecule has 9 nitrogen and oxygen atoms in total. The highest BCUT2D eigenvalue weighted by molar-refractivity contribution is 8.18. The average Bonchev–Trinajstić information content (AvgIpc) is 2.97. The molecule has 2 aromatic rings. The first-order valence-corrected chi connectivity index (χ1v) is 9.22. The summed E-state index contributed by atoms with van der Waals surface area (Å²) >= 11 is 1.04. The monoisotopic (exact) mass is 413 g/mol. The van der Waals surface area contributed by atoms with Gasteiger partial charge in [-0.3, -0.25) is 19.8 Å². The van der Waals surface area contributed by atoms with Gasteiger partial charge in [0.1, 0.15) is 5.75 Å². The van der Waals surface area contributed by atoms with Crippen LogP contribution in [0.3, 0.4) is 0 Å². The van der Waals surface area contributed by atoms with Gasteiger partial charge in [0, 0.05) is 18.7 Å². The summed E-state index contributed by atoms with van der Waals surface area (Å²) in [6.45, 7) is 2.05. The van der Waals surface area contributed by atoms with E-state index in [-0.39, 0.29) is 33.8 Å². The van der Waals surface area contributed by atoms with E-state index in [0.29, 0.717) is 17.0 Å². The SMILES string of the molecule is CCN1C(=O)/C(=C/c2cccc([N+](=O)[O-])c2)SC1=Nc1ccc(O)cc1C(=O)O. The highest BCUT2D eigenvalue weighted by Gasteiger charge is 2.32. The van der Waals surface area contributed by atoms with Gasteiger partial charge in [-0.2, -0.15) is 0 Å². The number of phenolic OH excluding ortho intramolecular Hbond substituents is 1. The molecule has 0 aliphatic carbocycles. The molecule has 29 heavy (non-hydrogen) atoms. The molecule has 148 valence electrons. The predicted molar refractivity (Wildman–Crippen MR) is 108 cm³/mol. The van der Waals surface area contributed by atoms with Gasteiger partial charge < -0.3 is 10.2 Å². The minimum atomic E-state index is -1.26. The number of nitrogens with zero attached hydrogens (tertiary/aromatic N) is 3. The molecule has 0 atom stereocenters. The Bertz CT molecular complexity index is 1080. The van der Waals surface area contributed by atoms with Gasteiger partial charge in [0.15, 0.2) is 5.17 Å². The molecule has 0 aromatic heterocycles. The standard InChI is InChI=1S/C19H15N3O6S/c1-2-21-17(24)16(9-11-4-3-5-12(8-11)22(27)28)29-19(21)20-15-7-6-13(23)10-14(15)18(25)26/h3-10,23H,2H2,1H3,(H,25,26)/b16-9-,20-19?. The van der Waals surface area contributed by atoms with E-state index in [4.69, 9.17) is 0 Å². The van der Waals surface area contributed by atoms with Crippen molar-refractivity contribution in [2.75, 3.05) is 6.54 Å². The van der Waals surface area contributed by atoms with Crippen LogP contribution in [0.15, 0.2) is 52.4 Å². The fourth-order valence-electron chi connectivity index (χ4n) is 2.65.